The molecule has 1 unspecified atom stereocenters. The first kappa shape index (κ1) is 22.5. The van der Waals surface area contributed by atoms with Gasteiger partial charge in [-0.1, -0.05) is 32.0 Å². The number of hydrogen-bond acceptors (Lipinski definition) is 4. The molecule has 0 aliphatic heterocycles. The van der Waals surface area contributed by atoms with Crippen molar-refractivity contribution < 1.29 is 14.3 Å². The predicted molar refractivity (Wildman–Crippen MR) is 122 cm³/mol. The van der Waals surface area contributed by atoms with E-state index in [-0.39, 0.29) is 24.2 Å². The van der Waals surface area contributed by atoms with Gasteiger partial charge in [0.05, 0.1) is 30.3 Å². The van der Waals surface area contributed by atoms with Gasteiger partial charge >= 0.3 is 5.69 Å². The molecule has 0 radical (unpaired) electrons. The van der Waals surface area contributed by atoms with E-state index < -0.39 is 0 Å². The van der Waals surface area contributed by atoms with Gasteiger partial charge in [0.25, 0.3) is 0 Å². The number of nitrogens with one attached hydrogen (secondary N) is 1. The number of nitrogens with zero attached hydrogens (tertiary/aromatic N) is 2. The van der Waals surface area contributed by atoms with E-state index in [1.807, 2.05) is 49.4 Å². The van der Waals surface area contributed by atoms with E-state index in [1.54, 1.807) is 11.6 Å². The minimum Gasteiger partial charge on any atom is -0.490 e. The summed E-state index contributed by atoms with van der Waals surface area (Å²) in [6, 6.07) is 12.9. The third kappa shape index (κ3) is 5.10. The average Bonchev–Trinajstić information content (AvgIpc) is 3.01. The first-order valence-corrected chi connectivity index (χ1v) is 10.8. The van der Waals surface area contributed by atoms with Gasteiger partial charge in [-0.3, -0.25) is 13.9 Å². The van der Waals surface area contributed by atoms with E-state index in [2.05, 4.69) is 19.2 Å². The van der Waals surface area contributed by atoms with Gasteiger partial charge in [-0.25, -0.2) is 4.79 Å². The van der Waals surface area contributed by atoms with Crippen LogP contribution in [0.15, 0.2) is 47.3 Å². The molecule has 0 bridgehead atoms. The summed E-state index contributed by atoms with van der Waals surface area (Å²) < 4.78 is 14.7. The molecule has 1 atom stereocenters. The summed E-state index contributed by atoms with van der Waals surface area (Å²) in [6.45, 7) is 7.19. The van der Waals surface area contributed by atoms with Crippen LogP contribution in [0, 0.1) is 0 Å². The van der Waals surface area contributed by atoms with Crippen molar-refractivity contribution in [3.8, 4) is 11.5 Å². The van der Waals surface area contributed by atoms with Crippen molar-refractivity contribution in [2.24, 2.45) is 7.05 Å². The lowest BCUT2D eigenvalue weighted by molar-refractivity contribution is -0.122. The molecule has 1 heterocycles. The largest absolute Gasteiger partial charge is 0.490 e. The summed E-state index contributed by atoms with van der Waals surface area (Å²) in [7, 11) is 1.71. The van der Waals surface area contributed by atoms with Crippen LogP contribution in [0.2, 0.25) is 0 Å². The van der Waals surface area contributed by atoms with E-state index in [4.69, 9.17) is 9.47 Å². The van der Waals surface area contributed by atoms with Crippen molar-refractivity contribution in [2.45, 2.75) is 46.2 Å². The lowest BCUT2D eigenvalue weighted by Gasteiger charge is -2.18. The van der Waals surface area contributed by atoms with Gasteiger partial charge in [0, 0.05) is 7.05 Å². The zero-order valence-corrected chi connectivity index (χ0v) is 18.7. The normalized spacial score (nSPS) is 12.0. The SMILES string of the molecule is CCCOc1ccc(C(C)NC(=O)Cn2c(=O)n(C)c3ccccc32)cc1OCCC. The second kappa shape index (κ2) is 10.2. The van der Waals surface area contributed by atoms with Gasteiger partial charge in [-0.05, 0) is 49.6 Å². The summed E-state index contributed by atoms with van der Waals surface area (Å²) in [4.78, 5) is 25.3. The zero-order chi connectivity index (χ0) is 22.4. The monoisotopic (exact) mass is 425 g/mol. The minimum atomic E-state index is -0.248. The molecule has 0 fully saturated rings. The lowest BCUT2D eigenvalue weighted by atomic mass is 10.1. The van der Waals surface area contributed by atoms with E-state index >= 15 is 0 Å². The fourth-order valence-corrected chi connectivity index (χ4v) is 3.48. The first-order chi connectivity index (χ1) is 15.0. The fraction of sp³-hybridized carbons (Fsp3) is 0.417. The van der Waals surface area contributed by atoms with Crippen molar-refractivity contribution in [3.05, 3.63) is 58.5 Å². The quantitative estimate of drug-likeness (QED) is 0.536. The third-order valence-corrected chi connectivity index (χ3v) is 5.12. The van der Waals surface area contributed by atoms with Crippen molar-refractivity contribution in [1.29, 1.82) is 0 Å². The molecule has 0 saturated carbocycles. The summed E-state index contributed by atoms with van der Waals surface area (Å²) in [5.74, 6) is 1.16. The van der Waals surface area contributed by atoms with Crippen LogP contribution in [0.1, 0.15) is 45.2 Å². The smallest absolute Gasteiger partial charge is 0.329 e. The van der Waals surface area contributed by atoms with E-state index in [0.29, 0.717) is 24.7 Å². The summed E-state index contributed by atoms with van der Waals surface area (Å²) in [6.07, 6.45) is 1.80. The molecule has 31 heavy (non-hydrogen) atoms. The molecule has 1 aromatic heterocycles. The van der Waals surface area contributed by atoms with Crippen LogP contribution in [-0.4, -0.2) is 28.3 Å². The Kier molecular flexibility index (Phi) is 7.39. The maximum absolute atomic E-state index is 12.7. The molecule has 0 aliphatic rings. The Morgan fingerprint density at radius 2 is 1.65 bits per heavy atom. The molecule has 166 valence electrons. The Hall–Kier alpha value is -3.22. The van der Waals surface area contributed by atoms with Gasteiger partial charge in [-0.15, -0.1) is 0 Å². The number of fused-ring (bicyclic) bond motifs is 1. The van der Waals surface area contributed by atoms with E-state index in [1.165, 1.54) is 4.57 Å². The van der Waals surface area contributed by atoms with Gasteiger partial charge in [0.1, 0.15) is 6.54 Å². The Morgan fingerprint density at radius 3 is 2.32 bits per heavy atom. The molecule has 1 N–H and O–H groups in total. The number of carbonyl (C=O) groups excluding carboxylic acids is 1. The summed E-state index contributed by atoms with van der Waals surface area (Å²) in [5.41, 5.74) is 2.24. The Bertz CT molecular complexity index is 1100. The first-order valence-electron chi connectivity index (χ1n) is 10.8. The van der Waals surface area contributed by atoms with E-state index in [9.17, 15) is 9.59 Å². The summed E-state index contributed by atoms with van der Waals surface area (Å²) in [5, 5.41) is 2.99. The number of carbonyl (C=O) groups is 1. The van der Waals surface area contributed by atoms with Gasteiger partial charge in [-0.2, -0.15) is 0 Å². The number of rotatable bonds is 10. The zero-order valence-electron chi connectivity index (χ0n) is 18.7. The topological polar surface area (TPSA) is 74.5 Å². The van der Waals surface area contributed by atoms with Crippen molar-refractivity contribution in [2.75, 3.05) is 13.2 Å². The Morgan fingerprint density at radius 1 is 1.00 bits per heavy atom. The number of amides is 1. The molecule has 0 spiro atoms. The lowest BCUT2D eigenvalue weighted by Crippen LogP contribution is -2.34. The number of imidazole rings is 1. The molecule has 0 saturated heterocycles. The Labute approximate surface area is 182 Å². The number of benzene rings is 2. The second-order valence-electron chi connectivity index (χ2n) is 7.61. The third-order valence-electron chi connectivity index (χ3n) is 5.12. The number of hydrogen-bond donors (Lipinski definition) is 1. The molecule has 3 rings (SSSR count). The van der Waals surface area contributed by atoms with Gasteiger partial charge in [0.2, 0.25) is 5.91 Å². The molecule has 7 nitrogen and oxygen atoms in total. The number of aromatic nitrogens is 2. The van der Waals surface area contributed by atoms with Crippen LogP contribution in [0.4, 0.5) is 0 Å². The Balaban J connectivity index is 1.75. The van der Waals surface area contributed by atoms with E-state index in [0.717, 1.165) is 29.4 Å². The molecule has 0 aliphatic carbocycles. The molecule has 7 heteroatoms. The molecular formula is C24H31N3O4. The molecule has 2 aromatic carbocycles. The number of para-hydroxylation sites is 2. The van der Waals surface area contributed by atoms with Crippen molar-refractivity contribution >= 4 is 16.9 Å². The van der Waals surface area contributed by atoms with Crippen LogP contribution < -0.4 is 20.5 Å². The molecule has 3 aromatic rings. The predicted octanol–water partition coefficient (Wildman–Crippen LogP) is 3.80. The highest BCUT2D eigenvalue weighted by Gasteiger charge is 2.17. The van der Waals surface area contributed by atoms with Crippen LogP contribution in [0.5, 0.6) is 11.5 Å². The second-order valence-corrected chi connectivity index (χ2v) is 7.61. The van der Waals surface area contributed by atoms with Crippen molar-refractivity contribution in [3.63, 3.8) is 0 Å². The highest BCUT2D eigenvalue weighted by molar-refractivity contribution is 5.81. The number of ether oxygens (including phenoxy) is 2. The highest BCUT2D eigenvalue weighted by Crippen LogP contribution is 2.31. The minimum absolute atomic E-state index is 0.0403. The molecule has 1 amide bonds. The van der Waals surface area contributed by atoms with Crippen molar-refractivity contribution in [1.82, 2.24) is 14.5 Å². The van der Waals surface area contributed by atoms with Crippen LogP contribution in [0.25, 0.3) is 11.0 Å². The van der Waals surface area contributed by atoms with Crippen LogP contribution >= 0.6 is 0 Å². The van der Waals surface area contributed by atoms with Gasteiger partial charge < -0.3 is 14.8 Å². The van der Waals surface area contributed by atoms with Crippen LogP contribution in [-0.2, 0) is 18.4 Å². The maximum Gasteiger partial charge on any atom is 0.329 e. The number of aryl methyl sites for hydroxylation is 1. The van der Waals surface area contributed by atoms with Crippen LogP contribution in [0.3, 0.4) is 0 Å². The summed E-state index contributed by atoms with van der Waals surface area (Å²) >= 11 is 0. The highest BCUT2D eigenvalue weighted by atomic mass is 16.5. The average molecular weight is 426 g/mol. The standard InChI is InChI=1S/C24H31N3O4/c1-5-13-30-21-12-11-18(15-22(21)31-14-6-2)17(3)25-23(28)16-27-20-10-8-7-9-19(20)26(4)24(27)29/h7-12,15,17H,5-6,13-14,16H2,1-4H3,(H,25,28). The van der Waals surface area contributed by atoms with Gasteiger partial charge in [0.15, 0.2) is 11.5 Å². The maximum atomic E-state index is 12.7. The fourth-order valence-electron chi connectivity index (χ4n) is 3.48. The molecular weight excluding hydrogens is 394 g/mol.